The van der Waals surface area contributed by atoms with E-state index >= 15 is 0 Å². The average Bonchev–Trinajstić information content (AvgIpc) is 2.99. The lowest BCUT2D eigenvalue weighted by Crippen LogP contribution is -2.40. The normalized spacial score (nSPS) is 11.9. The van der Waals surface area contributed by atoms with Gasteiger partial charge in [-0.05, 0) is 43.3 Å². The summed E-state index contributed by atoms with van der Waals surface area (Å²) in [6.45, 7) is 1.54. The van der Waals surface area contributed by atoms with Crippen molar-refractivity contribution in [2.45, 2.75) is 13.0 Å². The zero-order chi connectivity index (χ0) is 17.1. The molecule has 3 aromatic rings. The predicted octanol–water partition coefficient (Wildman–Crippen LogP) is 3.81. The van der Waals surface area contributed by atoms with E-state index in [2.05, 4.69) is 5.32 Å². The smallest absolute Gasteiger partial charge is 0.333 e. The number of carbonyl (C=O) groups excluding carboxylic acids is 2. The van der Waals surface area contributed by atoms with Crippen molar-refractivity contribution in [1.82, 2.24) is 5.32 Å². The van der Waals surface area contributed by atoms with Crippen molar-refractivity contribution in [3.05, 3.63) is 65.4 Å². The maximum absolute atomic E-state index is 12.2. The van der Waals surface area contributed by atoms with Crippen LogP contribution in [0.3, 0.4) is 0 Å². The number of ether oxygens (including phenoxy) is 1. The van der Waals surface area contributed by atoms with E-state index in [1.54, 1.807) is 55.5 Å². The summed E-state index contributed by atoms with van der Waals surface area (Å²) in [6.07, 6.45) is 0. The van der Waals surface area contributed by atoms with Gasteiger partial charge in [-0.25, -0.2) is 4.79 Å². The molecule has 122 valence electrons. The molecule has 1 heterocycles. The number of benzene rings is 2. The molecule has 0 unspecified atom stereocenters. The number of nitrogens with one attached hydrogen (secondary N) is 1. The summed E-state index contributed by atoms with van der Waals surface area (Å²) < 4.78 is 10.6. The first kappa shape index (κ1) is 16.1. The van der Waals surface area contributed by atoms with Crippen LogP contribution in [0, 0.1) is 0 Å². The van der Waals surface area contributed by atoms with Crippen LogP contribution in [0.1, 0.15) is 17.5 Å². The number of esters is 1. The molecule has 1 atom stereocenters. The largest absolute Gasteiger partial charge is 0.451 e. The second-order valence-electron chi connectivity index (χ2n) is 5.22. The molecule has 0 radical (unpaired) electrons. The second-order valence-corrected chi connectivity index (χ2v) is 5.66. The van der Waals surface area contributed by atoms with Gasteiger partial charge in [0.25, 0.3) is 5.91 Å². The van der Waals surface area contributed by atoms with Crippen LogP contribution in [0.4, 0.5) is 0 Å². The summed E-state index contributed by atoms with van der Waals surface area (Å²) in [5.41, 5.74) is 0.545. The Hall–Kier alpha value is -2.79. The molecule has 1 aromatic heterocycles. The highest BCUT2D eigenvalue weighted by molar-refractivity contribution is 6.31. The van der Waals surface area contributed by atoms with Crippen molar-refractivity contribution in [2.75, 3.05) is 0 Å². The SMILES string of the molecule is C[C@H](NC(=O)c1cc2cc(Cl)ccc2o1)C(=O)Oc1ccccc1. The van der Waals surface area contributed by atoms with Gasteiger partial charge in [0.15, 0.2) is 5.76 Å². The number of rotatable bonds is 4. The van der Waals surface area contributed by atoms with Gasteiger partial charge in [0.2, 0.25) is 0 Å². The number of amides is 1. The average molecular weight is 344 g/mol. The van der Waals surface area contributed by atoms with Crippen molar-refractivity contribution < 1.29 is 18.7 Å². The molecule has 0 aliphatic heterocycles. The number of halogens is 1. The van der Waals surface area contributed by atoms with Crippen molar-refractivity contribution in [3.8, 4) is 5.75 Å². The van der Waals surface area contributed by atoms with Gasteiger partial charge in [-0.15, -0.1) is 0 Å². The van der Waals surface area contributed by atoms with Gasteiger partial charge in [-0.1, -0.05) is 29.8 Å². The van der Waals surface area contributed by atoms with Crippen molar-refractivity contribution >= 4 is 34.4 Å². The Morgan fingerprint density at radius 3 is 2.62 bits per heavy atom. The van der Waals surface area contributed by atoms with Gasteiger partial charge in [0.05, 0.1) is 0 Å². The van der Waals surface area contributed by atoms with Crippen molar-refractivity contribution in [2.24, 2.45) is 0 Å². The zero-order valence-corrected chi connectivity index (χ0v) is 13.5. The van der Waals surface area contributed by atoms with Gasteiger partial charge >= 0.3 is 5.97 Å². The molecule has 1 N–H and O–H groups in total. The molecule has 0 bridgehead atoms. The van der Waals surface area contributed by atoms with Gasteiger partial charge in [-0.3, -0.25) is 4.79 Å². The Morgan fingerprint density at radius 2 is 1.88 bits per heavy atom. The van der Waals surface area contributed by atoms with Crippen LogP contribution in [0.25, 0.3) is 11.0 Å². The number of hydrogen-bond acceptors (Lipinski definition) is 4. The summed E-state index contributed by atoms with van der Waals surface area (Å²) in [4.78, 5) is 24.2. The third-order valence-electron chi connectivity index (χ3n) is 3.36. The first-order valence-corrected chi connectivity index (χ1v) is 7.67. The molecule has 24 heavy (non-hydrogen) atoms. The quantitative estimate of drug-likeness (QED) is 0.577. The van der Waals surface area contributed by atoms with Crippen LogP contribution in [0.2, 0.25) is 5.02 Å². The lowest BCUT2D eigenvalue weighted by Gasteiger charge is -2.12. The summed E-state index contributed by atoms with van der Waals surface area (Å²) in [6, 6.07) is 14.5. The summed E-state index contributed by atoms with van der Waals surface area (Å²) >= 11 is 5.91. The minimum Gasteiger partial charge on any atom is -0.451 e. The van der Waals surface area contributed by atoms with E-state index in [0.717, 1.165) is 0 Å². The highest BCUT2D eigenvalue weighted by Crippen LogP contribution is 2.23. The number of para-hydroxylation sites is 1. The Kier molecular flexibility index (Phi) is 4.53. The molecule has 0 aliphatic rings. The Bertz CT molecular complexity index is 888. The fraction of sp³-hybridized carbons (Fsp3) is 0.111. The van der Waals surface area contributed by atoms with Crippen molar-refractivity contribution in [1.29, 1.82) is 0 Å². The Labute approximate surface area is 143 Å². The number of carbonyl (C=O) groups is 2. The second kappa shape index (κ2) is 6.76. The molecular formula is C18H14ClNO4. The van der Waals surface area contributed by atoms with Crippen LogP contribution in [0.5, 0.6) is 5.75 Å². The number of fused-ring (bicyclic) bond motifs is 1. The fourth-order valence-electron chi connectivity index (χ4n) is 2.15. The number of hydrogen-bond donors (Lipinski definition) is 1. The highest BCUT2D eigenvalue weighted by Gasteiger charge is 2.21. The molecule has 2 aromatic carbocycles. The third-order valence-corrected chi connectivity index (χ3v) is 3.60. The maximum atomic E-state index is 12.2. The van der Waals surface area contributed by atoms with Gasteiger partial charge in [0, 0.05) is 10.4 Å². The third kappa shape index (κ3) is 3.58. The van der Waals surface area contributed by atoms with E-state index < -0.39 is 17.9 Å². The van der Waals surface area contributed by atoms with E-state index in [1.807, 2.05) is 6.07 Å². The maximum Gasteiger partial charge on any atom is 0.333 e. The summed E-state index contributed by atoms with van der Waals surface area (Å²) in [5, 5.41) is 3.82. The van der Waals surface area contributed by atoms with E-state index in [1.165, 1.54) is 0 Å². The molecule has 5 nitrogen and oxygen atoms in total. The molecule has 1 amide bonds. The highest BCUT2D eigenvalue weighted by atomic mass is 35.5. The Morgan fingerprint density at radius 1 is 1.12 bits per heavy atom. The van der Waals surface area contributed by atoms with E-state index in [9.17, 15) is 9.59 Å². The molecule has 0 aliphatic carbocycles. The first-order valence-electron chi connectivity index (χ1n) is 7.29. The standard InChI is InChI=1S/C18H14ClNO4/c1-11(18(22)23-14-5-3-2-4-6-14)20-17(21)16-10-12-9-13(19)7-8-15(12)24-16/h2-11H,1H3,(H,20,21)/t11-/m0/s1. The minimum atomic E-state index is -0.825. The Balaban J connectivity index is 1.67. The summed E-state index contributed by atoms with van der Waals surface area (Å²) in [5.74, 6) is -0.540. The molecule has 0 spiro atoms. The molecular weight excluding hydrogens is 330 g/mol. The van der Waals surface area contributed by atoms with E-state index in [4.69, 9.17) is 20.8 Å². The van der Waals surface area contributed by atoms with E-state index in [-0.39, 0.29) is 5.76 Å². The molecule has 0 saturated heterocycles. The van der Waals surface area contributed by atoms with Crippen LogP contribution in [-0.2, 0) is 4.79 Å². The van der Waals surface area contributed by atoms with Crippen LogP contribution in [-0.4, -0.2) is 17.9 Å². The van der Waals surface area contributed by atoms with Crippen molar-refractivity contribution in [3.63, 3.8) is 0 Å². The molecule has 0 saturated carbocycles. The minimum absolute atomic E-state index is 0.103. The molecule has 6 heteroatoms. The van der Waals surface area contributed by atoms with Crippen LogP contribution in [0.15, 0.2) is 59.0 Å². The molecule has 3 rings (SSSR count). The molecule has 0 fully saturated rings. The topological polar surface area (TPSA) is 68.5 Å². The van der Waals surface area contributed by atoms with E-state index in [0.29, 0.717) is 21.7 Å². The van der Waals surface area contributed by atoms with Crippen LogP contribution < -0.4 is 10.1 Å². The lowest BCUT2D eigenvalue weighted by molar-refractivity contribution is -0.136. The summed E-state index contributed by atoms with van der Waals surface area (Å²) in [7, 11) is 0. The zero-order valence-electron chi connectivity index (χ0n) is 12.8. The van der Waals surface area contributed by atoms with Crippen LogP contribution >= 0.6 is 11.6 Å². The monoisotopic (exact) mass is 343 g/mol. The van der Waals surface area contributed by atoms with Gasteiger partial charge in [-0.2, -0.15) is 0 Å². The van der Waals surface area contributed by atoms with Gasteiger partial charge < -0.3 is 14.5 Å². The van der Waals surface area contributed by atoms with Gasteiger partial charge in [0.1, 0.15) is 17.4 Å². The number of furan rings is 1. The first-order chi connectivity index (χ1) is 11.5. The fourth-order valence-corrected chi connectivity index (χ4v) is 2.33. The lowest BCUT2D eigenvalue weighted by atomic mass is 10.2. The predicted molar refractivity (Wildman–Crippen MR) is 90.2 cm³/mol.